The van der Waals surface area contributed by atoms with E-state index in [-0.39, 0.29) is 5.56 Å². The van der Waals surface area contributed by atoms with Crippen LogP contribution < -0.4 is 4.90 Å². The topological polar surface area (TPSA) is 20.5 Å². The minimum atomic E-state index is -2.87. The summed E-state index contributed by atoms with van der Waals surface area (Å²) in [5.41, 5.74) is 2.46. The summed E-state index contributed by atoms with van der Waals surface area (Å²) in [4.78, 5) is 7.00. The van der Waals surface area contributed by atoms with E-state index in [0.29, 0.717) is 5.52 Å². The van der Waals surface area contributed by atoms with E-state index in [4.69, 9.17) is 4.98 Å². The fourth-order valence-electron chi connectivity index (χ4n) is 3.13. The highest BCUT2D eigenvalue weighted by atomic mass is 19.3. The summed E-state index contributed by atoms with van der Waals surface area (Å²) < 4.78 is 29.4. The fourth-order valence-corrected chi connectivity index (χ4v) is 3.13. The Labute approximate surface area is 140 Å². The third kappa shape index (κ3) is 2.95. The monoisotopic (exact) mass is 331 g/mol. The van der Waals surface area contributed by atoms with Crippen molar-refractivity contribution in [3.05, 3.63) is 42.1 Å². The highest BCUT2D eigenvalue weighted by Gasteiger charge is 2.25. The zero-order chi connectivity index (χ0) is 17.3. The van der Waals surface area contributed by atoms with Crippen molar-refractivity contribution in [3.63, 3.8) is 0 Å². The zero-order valence-electron chi connectivity index (χ0n) is 14.4. The van der Waals surface area contributed by atoms with Gasteiger partial charge in [-0.1, -0.05) is 19.9 Å². The lowest BCUT2D eigenvalue weighted by molar-refractivity contribution is 0.0176. The van der Waals surface area contributed by atoms with Crippen LogP contribution in [0.3, 0.4) is 0 Å². The number of benzene rings is 1. The Morgan fingerprint density at radius 1 is 1.08 bits per heavy atom. The van der Waals surface area contributed by atoms with E-state index in [1.54, 1.807) is 6.07 Å². The van der Waals surface area contributed by atoms with Gasteiger partial charge in [0.05, 0.1) is 16.6 Å². The molecule has 0 saturated heterocycles. The number of alkyl halides is 2. The SMILES string of the molecule is CCCN(CCC)c1nc2cc(C(C)(F)F)ccc2n2cccc12. The van der Waals surface area contributed by atoms with Crippen LogP contribution in [0.1, 0.15) is 39.2 Å². The van der Waals surface area contributed by atoms with Crippen molar-refractivity contribution in [2.45, 2.75) is 39.5 Å². The lowest BCUT2D eigenvalue weighted by atomic mass is 10.1. The first-order valence-corrected chi connectivity index (χ1v) is 8.49. The van der Waals surface area contributed by atoms with E-state index in [0.717, 1.165) is 49.7 Å². The third-order valence-corrected chi connectivity index (χ3v) is 4.23. The van der Waals surface area contributed by atoms with E-state index in [1.165, 1.54) is 12.1 Å². The van der Waals surface area contributed by atoms with Crippen molar-refractivity contribution in [2.75, 3.05) is 18.0 Å². The summed E-state index contributed by atoms with van der Waals surface area (Å²) in [6.45, 7) is 6.99. The highest BCUT2D eigenvalue weighted by Crippen LogP contribution is 2.31. The van der Waals surface area contributed by atoms with Crippen LogP contribution in [0.25, 0.3) is 16.6 Å². The number of rotatable bonds is 6. The van der Waals surface area contributed by atoms with Gasteiger partial charge in [-0.2, -0.15) is 0 Å². The first kappa shape index (κ1) is 16.7. The maximum Gasteiger partial charge on any atom is 0.270 e. The van der Waals surface area contributed by atoms with Gasteiger partial charge in [-0.05, 0) is 37.1 Å². The molecule has 3 nitrogen and oxygen atoms in total. The van der Waals surface area contributed by atoms with Crippen molar-refractivity contribution in [1.29, 1.82) is 0 Å². The van der Waals surface area contributed by atoms with Crippen molar-refractivity contribution < 1.29 is 8.78 Å². The van der Waals surface area contributed by atoms with Crippen LogP contribution in [0.15, 0.2) is 36.5 Å². The Bertz CT molecular complexity index is 843. The first-order chi connectivity index (χ1) is 11.5. The van der Waals surface area contributed by atoms with Gasteiger partial charge < -0.3 is 9.30 Å². The number of aromatic nitrogens is 2. The standard InChI is InChI=1S/C19H23F2N3/c1-4-10-23(11-5-2)18-17-7-6-12-24(17)16-9-8-14(19(3,20)21)13-15(16)22-18/h6-9,12-13H,4-5,10-11H2,1-3H3. The van der Waals surface area contributed by atoms with Crippen molar-refractivity contribution in [3.8, 4) is 0 Å². The molecule has 0 aliphatic carbocycles. The average molecular weight is 331 g/mol. The molecule has 3 aromatic rings. The van der Waals surface area contributed by atoms with Crippen LogP contribution in [-0.4, -0.2) is 22.5 Å². The Balaban J connectivity index is 2.25. The van der Waals surface area contributed by atoms with E-state index < -0.39 is 5.92 Å². The van der Waals surface area contributed by atoms with Gasteiger partial charge in [-0.25, -0.2) is 13.8 Å². The molecule has 128 valence electrons. The molecule has 0 atom stereocenters. The molecule has 0 fully saturated rings. The van der Waals surface area contributed by atoms with Gasteiger partial charge in [0, 0.05) is 31.8 Å². The minimum absolute atomic E-state index is 0.00232. The maximum atomic E-state index is 13.7. The van der Waals surface area contributed by atoms with Crippen molar-refractivity contribution in [1.82, 2.24) is 9.38 Å². The van der Waals surface area contributed by atoms with Crippen LogP contribution in [0, 0.1) is 0 Å². The normalized spacial score (nSPS) is 12.2. The van der Waals surface area contributed by atoms with Gasteiger partial charge in [-0.3, -0.25) is 0 Å². The van der Waals surface area contributed by atoms with Crippen LogP contribution in [0.5, 0.6) is 0 Å². The average Bonchev–Trinajstić information content (AvgIpc) is 3.02. The number of fused-ring (bicyclic) bond motifs is 3. The van der Waals surface area contributed by atoms with Gasteiger partial charge in [0.15, 0.2) is 5.82 Å². The maximum absolute atomic E-state index is 13.7. The molecule has 0 radical (unpaired) electrons. The first-order valence-electron chi connectivity index (χ1n) is 8.49. The van der Waals surface area contributed by atoms with Crippen LogP contribution in [0.4, 0.5) is 14.6 Å². The van der Waals surface area contributed by atoms with Gasteiger partial charge in [0.2, 0.25) is 0 Å². The summed E-state index contributed by atoms with van der Waals surface area (Å²) in [7, 11) is 0. The van der Waals surface area contributed by atoms with E-state index in [1.807, 2.05) is 22.7 Å². The quantitative estimate of drug-likeness (QED) is 0.617. The van der Waals surface area contributed by atoms with Gasteiger partial charge >= 0.3 is 0 Å². The van der Waals surface area contributed by atoms with Crippen molar-refractivity contribution >= 4 is 22.4 Å². The summed E-state index contributed by atoms with van der Waals surface area (Å²) in [5.74, 6) is -2.00. The number of hydrogen-bond donors (Lipinski definition) is 0. The lowest BCUT2D eigenvalue weighted by Gasteiger charge is -2.24. The summed E-state index contributed by atoms with van der Waals surface area (Å²) in [6, 6.07) is 8.73. The molecule has 0 aliphatic heterocycles. The highest BCUT2D eigenvalue weighted by molar-refractivity contribution is 5.85. The fraction of sp³-hybridized carbons (Fsp3) is 0.421. The molecular formula is C19H23F2N3. The van der Waals surface area contributed by atoms with Crippen molar-refractivity contribution in [2.24, 2.45) is 0 Å². The van der Waals surface area contributed by atoms with Gasteiger partial charge in [0.25, 0.3) is 5.92 Å². The molecule has 0 N–H and O–H groups in total. The Kier molecular flexibility index (Phi) is 4.43. The largest absolute Gasteiger partial charge is 0.355 e. The van der Waals surface area contributed by atoms with Crippen LogP contribution >= 0.6 is 0 Å². The third-order valence-electron chi connectivity index (χ3n) is 4.23. The second kappa shape index (κ2) is 6.38. The molecule has 0 bridgehead atoms. The smallest absolute Gasteiger partial charge is 0.270 e. The molecule has 3 rings (SSSR count). The molecular weight excluding hydrogens is 308 g/mol. The Morgan fingerprint density at radius 2 is 1.79 bits per heavy atom. The summed E-state index contributed by atoms with van der Waals surface area (Å²) >= 11 is 0. The lowest BCUT2D eigenvalue weighted by Crippen LogP contribution is -2.26. The van der Waals surface area contributed by atoms with E-state index in [2.05, 4.69) is 18.7 Å². The summed E-state index contributed by atoms with van der Waals surface area (Å²) in [5, 5.41) is 0. The van der Waals surface area contributed by atoms with Crippen LogP contribution in [0.2, 0.25) is 0 Å². The summed E-state index contributed by atoms with van der Waals surface area (Å²) in [6.07, 6.45) is 3.99. The molecule has 5 heteroatoms. The molecule has 0 amide bonds. The molecule has 1 aromatic carbocycles. The predicted molar refractivity (Wildman–Crippen MR) is 95.1 cm³/mol. The number of hydrogen-bond acceptors (Lipinski definition) is 2. The number of halogens is 2. The predicted octanol–water partition coefficient (Wildman–Crippen LogP) is 5.23. The zero-order valence-corrected chi connectivity index (χ0v) is 14.4. The van der Waals surface area contributed by atoms with Gasteiger partial charge in [0.1, 0.15) is 0 Å². The number of nitrogens with zero attached hydrogens (tertiary/aromatic N) is 3. The molecule has 0 spiro atoms. The van der Waals surface area contributed by atoms with E-state index >= 15 is 0 Å². The Morgan fingerprint density at radius 3 is 2.42 bits per heavy atom. The minimum Gasteiger partial charge on any atom is -0.355 e. The molecule has 2 aromatic heterocycles. The molecule has 0 unspecified atom stereocenters. The van der Waals surface area contributed by atoms with Crippen LogP contribution in [-0.2, 0) is 5.92 Å². The van der Waals surface area contributed by atoms with Gasteiger partial charge in [-0.15, -0.1) is 0 Å². The second-order valence-electron chi connectivity index (χ2n) is 6.28. The number of anilines is 1. The van der Waals surface area contributed by atoms with E-state index in [9.17, 15) is 8.78 Å². The molecule has 24 heavy (non-hydrogen) atoms. The second-order valence-corrected chi connectivity index (χ2v) is 6.28. The Hall–Kier alpha value is -2.17. The molecule has 2 heterocycles. The molecule has 0 saturated carbocycles. The molecule has 0 aliphatic rings.